The maximum Gasteiger partial charge on any atom is 0.261 e. The summed E-state index contributed by atoms with van der Waals surface area (Å²) in [5.41, 5.74) is 3.02. The van der Waals surface area contributed by atoms with Crippen molar-refractivity contribution in [3.63, 3.8) is 0 Å². The molecule has 2 aromatic rings. The van der Waals surface area contributed by atoms with Crippen LogP contribution in [0.4, 0.5) is 0 Å². The molecule has 7 heteroatoms. The summed E-state index contributed by atoms with van der Waals surface area (Å²) in [6.45, 7) is 9.78. The molecular weight excluding hydrogens is 322 g/mol. The first kappa shape index (κ1) is 17.1. The number of amides is 1. The predicted octanol–water partition coefficient (Wildman–Crippen LogP) is 1.77. The average Bonchev–Trinajstić information content (AvgIpc) is 3.15. The molecule has 0 aliphatic carbocycles. The highest BCUT2D eigenvalue weighted by Gasteiger charge is 2.16. The number of carbonyl (C=O) groups excluding carboxylic acids is 1. The normalized spacial score (nSPS) is 16.5. The highest BCUT2D eigenvalue weighted by atomic mass is 32.1. The Kier molecular flexibility index (Phi) is 5.33. The zero-order valence-electron chi connectivity index (χ0n) is 14.6. The van der Waals surface area contributed by atoms with E-state index in [0.717, 1.165) is 54.6 Å². The summed E-state index contributed by atoms with van der Waals surface area (Å²) in [5, 5.41) is 10.1. The molecule has 0 radical (unpaired) electrons. The van der Waals surface area contributed by atoms with Gasteiger partial charge in [-0.1, -0.05) is 0 Å². The molecule has 0 bridgehead atoms. The molecule has 0 saturated carbocycles. The maximum atomic E-state index is 12.4. The molecule has 24 heavy (non-hydrogen) atoms. The monoisotopic (exact) mass is 347 g/mol. The van der Waals surface area contributed by atoms with Gasteiger partial charge in [-0.15, -0.1) is 11.3 Å². The Morgan fingerprint density at radius 1 is 1.29 bits per heavy atom. The number of nitrogens with zero attached hydrogens (tertiary/aromatic N) is 3. The minimum atomic E-state index is -0.00960. The van der Waals surface area contributed by atoms with Gasteiger partial charge in [0, 0.05) is 55.4 Å². The number of carbonyl (C=O) groups is 1. The van der Waals surface area contributed by atoms with Crippen molar-refractivity contribution >= 4 is 17.2 Å². The lowest BCUT2D eigenvalue weighted by Crippen LogP contribution is -2.43. The third-order valence-electron chi connectivity index (χ3n) is 4.57. The third kappa shape index (κ3) is 4.03. The van der Waals surface area contributed by atoms with E-state index in [-0.39, 0.29) is 5.91 Å². The van der Waals surface area contributed by atoms with Crippen LogP contribution in [-0.4, -0.2) is 59.1 Å². The number of hydrogen-bond donors (Lipinski definition) is 2. The van der Waals surface area contributed by atoms with Gasteiger partial charge < -0.3 is 10.2 Å². The number of H-pyrrole nitrogens is 1. The summed E-state index contributed by atoms with van der Waals surface area (Å²) in [7, 11) is 2.16. The minimum Gasteiger partial charge on any atom is -0.347 e. The van der Waals surface area contributed by atoms with Gasteiger partial charge in [-0.25, -0.2) is 0 Å². The van der Waals surface area contributed by atoms with Crippen molar-refractivity contribution in [3.8, 4) is 0 Å². The van der Waals surface area contributed by atoms with Gasteiger partial charge >= 0.3 is 0 Å². The molecule has 0 spiro atoms. The van der Waals surface area contributed by atoms with Crippen LogP contribution in [0.5, 0.6) is 0 Å². The van der Waals surface area contributed by atoms with E-state index in [1.807, 2.05) is 19.9 Å². The molecule has 6 nitrogen and oxygen atoms in total. The molecule has 1 aliphatic rings. The van der Waals surface area contributed by atoms with E-state index in [1.54, 1.807) is 11.3 Å². The first-order chi connectivity index (χ1) is 11.5. The summed E-state index contributed by atoms with van der Waals surface area (Å²) in [6, 6.07) is 4.01. The van der Waals surface area contributed by atoms with Crippen molar-refractivity contribution in [2.45, 2.75) is 26.9 Å². The van der Waals surface area contributed by atoms with E-state index in [9.17, 15) is 4.79 Å². The van der Waals surface area contributed by atoms with E-state index in [1.165, 1.54) is 4.88 Å². The Labute approximate surface area is 146 Å². The van der Waals surface area contributed by atoms with Crippen molar-refractivity contribution in [2.24, 2.45) is 0 Å². The topological polar surface area (TPSA) is 64.3 Å². The van der Waals surface area contributed by atoms with Crippen LogP contribution < -0.4 is 5.32 Å². The molecule has 130 valence electrons. The van der Waals surface area contributed by atoms with E-state index >= 15 is 0 Å². The predicted molar refractivity (Wildman–Crippen MR) is 96.3 cm³/mol. The van der Waals surface area contributed by atoms with Crippen molar-refractivity contribution in [3.05, 3.63) is 38.8 Å². The van der Waals surface area contributed by atoms with Crippen molar-refractivity contribution in [1.29, 1.82) is 0 Å². The number of aryl methyl sites for hydroxylation is 2. The smallest absolute Gasteiger partial charge is 0.261 e. The van der Waals surface area contributed by atoms with E-state index in [2.05, 4.69) is 38.4 Å². The number of piperazine rings is 1. The molecule has 1 saturated heterocycles. The Bertz CT molecular complexity index is 680. The van der Waals surface area contributed by atoms with Crippen LogP contribution >= 0.6 is 11.3 Å². The van der Waals surface area contributed by atoms with E-state index in [4.69, 9.17) is 0 Å². The fourth-order valence-electron chi connectivity index (χ4n) is 2.90. The highest BCUT2D eigenvalue weighted by Crippen LogP contribution is 2.19. The summed E-state index contributed by atoms with van der Waals surface area (Å²) < 4.78 is 0. The highest BCUT2D eigenvalue weighted by molar-refractivity contribution is 7.14. The largest absolute Gasteiger partial charge is 0.347 e. The molecule has 1 amide bonds. The van der Waals surface area contributed by atoms with Crippen molar-refractivity contribution in [2.75, 3.05) is 33.2 Å². The second-order valence-electron chi connectivity index (χ2n) is 6.44. The number of aromatic amines is 1. The van der Waals surface area contributed by atoms with Crippen molar-refractivity contribution < 1.29 is 4.79 Å². The molecule has 1 fully saturated rings. The summed E-state index contributed by atoms with van der Waals surface area (Å²) in [6.07, 6.45) is 0. The van der Waals surface area contributed by atoms with Crippen LogP contribution in [0.3, 0.4) is 0 Å². The molecule has 2 aromatic heterocycles. The van der Waals surface area contributed by atoms with Gasteiger partial charge in [0.15, 0.2) is 0 Å². The van der Waals surface area contributed by atoms with Gasteiger partial charge in [-0.3, -0.25) is 14.8 Å². The lowest BCUT2D eigenvalue weighted by atomic mass is 10.2. The Balaban J connectivity index is 1.54. The average molecular weight is 347 g/mol. The van der Waals surface area contributed by atoms with Gasteiger partial charge in [-0.2, -0.15) is 5.10 Å². The summed E-state index contributed by atoms with van der Waals surface area (Å²) >= 11 is 1.59. The Morgan fingerprint density at radius 3 is 2.71 bits per heavy atom. The Morgan fingerprint density at radius 2 is 2.04 bits per heavy atom. The first-order valence-corrected chi connectivity index (χ1v) is 9.13. The van der Waals surface area contributed by atoms with Crippen LogP contribution in [0.25, 0.3) is 0 Å². The first-order valence-electron chi connectivity index (χ1n) is 8.31. The quantitative estimate of drug-likeness (QED) is 0.865. The minimum absolute atomic E-state index is 0.00960. The number of rotatable bonds is 5. The number of likely N-dealkylation sites (N-methyl/N-ethyl adjacent to an activating group) is 1. The molecule has 3 rings (SSSR count). The van der Waals surface area contributed by atoms with Gasteiger partial charge in [0.05, 0.1) is 10.6 Å². The van der Waals surface area contributed by atoms with Crippen LogP contribution in [0.15, 0.2) is 12.1 Å². The van der Waals surface area contributed by atoms with Gasteiger partial charge in [0.2, 0.25) is 0 Å². The van der Waals surface area contributed by atoms with Crippen LogP contribution in [0, 0.1) is 13.8 Å². The van der Waals surface area contributed by atoms with Gasteiger partial charge in [0.25, 0.3) is 5.91 Å². The molecular formula is C17H25N5OS. The zero-order chi connectivity index (χ0) is 17.1. The number of nitrogens with one attached hydrogen (secondary N) is 2. The van der Waals surface area contributed by atoms with Crippen molar-refractivity contribution in [1.82, 2.24) is 25.3 Å². The van der Waals surface area contributed by atoms with Gasteiger partial charge in [-0.05, 0) is 33.0 Å². The second kappa shape index (κ2) is 7.46. The standard InChI is InChI=1S/C17H25N5OS/c1-12-15(13(2)20-19-12)10-18-17(23)16-5-4-14(24-16)11-22-8-6-21(3)7-9-22/h4-5H,6-11H2,1-3H3,(H,18,23)(H,19,20). The molecule has 0 aromatic carbocycles. The number of hydrogen-bond acceptors (Lipinski definition) is 5. The molecule has 0 atom stereocenters. The van der Waals surface area contributed by atoms with Crippen LogP contribution in [-0.2, 0) is 13.1 Å². The van der Waals surface area contributed by atoms with Crippen LogP contribution in [0.1, 0.15) is 31.5 Å². The fourth-order valence-corrected chi connectivity index (χ4v) is 3.87. The van der Waals surface area contributed by atoms with E-state index in [0.29, 0.717) is 6.54 Å². The Hall–Kier alpha value is -1.70. The van der Waals surface area contributed by atoms with Gasteiger partial charge in [0.1, 0.15) is 0 Å². The summed E-state index contributed by atoms with van der Waals surface area (Å²) in [4.78, 5) is 19.2. The number of aromatic nitrogens is 2. The zero-order valence-corrected chi connectivity index (χ0v) is 15.4. The molecule has 0 unspecified atom stereocenters. The third-order valence-corrected chi connectivity index (χ3v) is 5.64. The number of thiophene rings is 1. The summed E-state index contributed by atoms with van der Waals surface area (Å²) in [5.74, 6) is -0.00960. The fraction of sp³-hybridized carbons (Fsp3) is 0.529. The molecule has 1 aliphatic heterocycles. The maximum absolute atomic E-state index is 12.4. The van der Waals surface area contributed by atoms with Crippen LogP contribution in [0.2, 0.25) is 0 Å². The lowest BCUT2D eigenvalue weighted by molar-refractivity contribution is 0.0955. The van der Waals surface area contributed by atoms with E-state index < -0.39 is 0 Å². The molecule has 2 N–H and O–H groups in total. The molecule has 3 heterocycles. The lowest BCUT2D eigenvalue weighted by Gasteiger charge is -2.31. The SMILES string of the molecule is Cc1n[nH]c(C)c1CNC(=O)c1ccc(CN2CCN(C)CC2)s1. The second-order valence-corrected chi connectivity index (χ2v) is 7.61.